The second kappa shape index (κ2) is 3.74. The first-order valence-electron chi connectivity index (χ1n) is 4.51. The highest BCUT2D eigenvalue weighted by Crippen LogP contribution is 2.27. The van der Waals surface area contributed by atoms with Gasteiger partial charge in [-0.2, -0.15) is 0 Å². The van der Waals surface area contributed by atoms with E-state index >= 15 is 0 Å². The van der Waals surface area contributed by atoms with Gasteiger partial charge in [0.25, 0.3) is 0 Å². The fraction of sp³-hybridized carbons (Fsp3) is 0.889. The van der Waals surface area contributed by atoms with Crippen molar-refractivity contribution in [2.75, 3.05) is 0 Å². The lowest BCUT2D eigenvalue weighted by Crippen LogP contribution is -2.35. The lowest BCUT2D eigenvalue weighted by molar-refractivity contribution is -0.119. The van der Waals surface area contributed by atoms with Crippen molar-refractivity contribution in [1.29, 1.82) is 0 Å². The SMILES string of the molecule is CC[C@H]1CCC[C@@H]1NC(C)=O.[HH]. The molecule has 0 aromatic rings. The molecule has 0 aliphatic heterocycles. The van der Waals surface area contributed by atoms with Crippen molar-refractivity contribution in [2.45, 2.75) is 45.6 Å². The topological polar surface area (TPSA) is 29.1 Å². The molecule has 0 aromatic heterocycles. The Bertz CT molecular complexity index is 149. The molecule has 1 N–H and O–H groups in total. The minimum atomic E-state index is 0. The van der Waals surface area contributed by atoms with Crippen LogP contribution >= 0.6 is 0 Å². The molecule has 2 nitrogen and oxygen atoms in total. The first-order chi connectivity index (χ1) is 5.24. The van der Waals surface area contributed by atoms with E-state index in [1.165, 1.54) is 25.7 Å². The van der Waals surface area contributed by atoms with Crippen LogP contribution in [0, 0.1) is 5.92 Å². The molecule has 2 heteroatoms. The van der Waals surface area contributed by atoms with Gasteiger partial charge >= 0.3 is 0 Å². The molecular formula is C9H19NO. The minimum absolute atomic E-state index is 0. The summed E-state index contributed by atoms with van der Waals surface area (Å²) >= 11 is 0. The summed E-state index contributed by atoms with van der Waals surface area (Å²) in [4.78, 5) is 10.8. The van der Waals surface area contributed by atoms with E-state index in [9.17, 15) is 4.79 Å². The van der Waals surface area contributed by atoms with E-state index < -0.39 is 0 Å². The summed E-state index contributed by atoms with van der Waals surface area (Å²) in [6.45, 7) is 3.80. The maximum absolute atomic E-state index is 10.8. The Hall–Kier alpha value is -0.530. The second-order valence-corrected chi connectivity index (χ2v) is 3.41. The number of rotatable bonds is 2. The summed E-state index contributed by atoms with van der Waals surface area (Å²) in [6, 6.07) is 0.470. The zero-order valence-corrected chi connectivity index (χ0v) is 7.39. The van der Waals surface area contributed by atoms with Crippen LogP contribution < -0.4 is 5.32 Å². The van der Waals surface area contributed by atoms with Crippen LogP contribution in [0.3, 0.4) is 0 Å². The third-order valence-corrected chi connectivity index (χ3v) is 2.57. The van der Waals surface area contributed by atoms with Crippen LogP contribution in [0.4, 0.5) is 0 Å². The van der Waals surface area contributed by atoms with Gasteiger partial charge in [-0.1, -0.05) is 19.8 Å². The Labute approximate surface area is 69.8 Å². The van der Waals surface area contributed by atoms with Crippen LogP contribution in [-0.2, 0) is 4.79 Å². The van der Waals surface area contributed by atoms with Crippen molar-refractivity contribution in [3.63, 3.8) is 0 Å². The first-order valence-corrected chi connectivity index (χ1v) is 4.51. The van der Waals surface area contributed by atoms with Crippen molar-refractivity contribution in [2.24, 2.45) is 5.92 Å². The second-order valence-electron chi connectivity index (χ2n) is 3.41. The highest BCUT2D eigenvalue weighted by atomic mass is 16.1. The van der Waals surface area contributed by atoms with Crippen LogP contribution in [0.1, 0.15) is 41.0 Å². The molecule has 66 valence electrons. The summed E-state index contributed by atoms with van der Waals surface area (Å²) in [5.74, 6) is 0.856. The van der Waals surface area contributed by atoms with E-state index in [0.717, 1.165) is 5.92 Å². The molecule has 1 fully saturated rings. The highest BCUT2D eigenvalue weighted by molar-refractivity contribution is 5.73. The summed E-state index contributed by atoms with van der Waals surface area (Å²) in [7, 11) is 0. The number of hydrogen-bond donors (Lipinski definition) is 1. The van der Waals surface area contributed by atoms with Gasteiger partial charge in [-0.25, -0.2) is 0 Å². The fourth-order valence-corrected chi connectivity index (χ4v) is 1.98. The Kier molecular flexibility index (Phi) is 2.92. The Morgan fingerprint density at radius 1 is 1.64 bits per heavy atom. The predicted octanol–water partition coefficient (Wildman–Crippen LogP) is 1.95. The summed E-state index contributed by atoms with van der Waals surface area (Å²) in [5.41, 5.74) is 0. The molecule has 2 atom stereocenters. The van der Waals surface area contributed by atoms with E-state index in [1.54, 1.807) is 6.92 Å². The number of nitrogens with one attached hydrogen (secondary N) is 1. The maximum Gasteiger partial charge on any atom is 0.217 e. The molecule has 1 amide bonds. The Balaban J connectivity index is 0.00000121. The van der Waals surface area contributed by atoms with Crippen molar-refractivity contribution in [3.8, 4) is 0 Å². The van der Waals surface area contributed by atoms with Crippen LogP contribution in [0.2, 0.25) is 0 Å². The minimum Gasteiger partial charge on any atom is -0.353 e. The van der Waals surface area contributed by atoms with E-state index in [-0.39, 0.29) is 7.33 Å². The van der Waals surface area contributed by atoms with E-state index in [2.05, 4.69) is 12.2 Å². The third kappa shape index (κ3) is 2.21. The molecule has 1 aliphatic rings. The number of carbonyl (C=O) groups is 1. The Morgan fingerprint density at radius 3 is 2.91 bits per heavy atom. The van der Waals surface area contributed by atoms with Gasteiger partial charge in [-0.3, -0.25) is 4.79 Å². The first kappa shape index (κ1) is 8.57. The zero-order chi connectivity index (χ0) is 8.27. The lowest BCUT2D eigenvalue weighted by atomic mass is 10.0. The summed E-state index contributed by atoms with van der Waals surface area (Å²) in [6.07, 6.45) is 4.95. The number of carbonyl (C=O) groups excluding carboxylic acids is 1. The molecule has 0 saturated heterocycles. The van der Waals surface area contributed by atoms with Crippen molar-refractivity contribution in [1.82, 2.24) is 5.32 Å². The molecule has 0 aromatic carbocycles. The average molecular weight is 157 g/mol. The summed E-state index contributed by atoms with van der Waals surface area (Å²) in [5, 5.41) is 3.00. The molecule has 0 unspecified atom stereocenters. The molecule has 1 rings (SSSR count). The standard InChI is InChI=1S/C9H17NO.H2/c1-3-8-5-4-6-9(8)10-7(2)11;/h8-9H,3-6H2,1-2H3,(H,10,11);1H/t8-,9-;/m0./s1. The van der Waals surface area contributed by atoms with Crippen molar-refractivity contribution >= 4 is 5.91 Å². The van der Waals surface area contributed by atoms with Gasteiger partial charge in [0, 0.05) is 14.4 Å². The van der Waals surface area contributed by atoms with Gasteiger partial charge in [-0.05, 0) is 18.8 Å². The van der Waals surface area contributed by atoms with E-state index in [4.69, 9.17) is 0 Å². The average Bonchev–Trinajstić information content (AvgIpc) is 2.34. The molecule has 0 bridgehead atoms. The molecule has 1 saturated carbocycles. The van der Waals surface area contributed by atoms with Gasteiger partial charge < -0.3 is 5.32 Å². The molecule has 1 aliphatic carbocycles. The van der Waals surface area contributed by atoms with Crippen molar-refractivity contribution < 1.29 is 6.22 Å². The van der Waals surface area contributed by atoms with Crippen molar-refractivity contribution in [3.05, 3.63) is 0 Å². The van der Waals surface area contributed by atoms with Gasteiger partial charge in [0.2, 0.25) is 5.91 Å². The normalized spacial score (nSPS) is 30.4. The van der Waals surface area contributed by atoms with Crippen LogP contribution in [0.25, 0.3) is 0 Å². The molecule has 11 heavy (non-hydrogen) atoms. The Morgan fingerprint density at radius 2 is 2.36 bits per heavy atom. The van der Waals surface area contributed by atoms with E-state index in [0.29, 0.717) is 6.04 Å². The smallest absolute Gasteiger partial charge is 0.217 e. The monoisotopic (exact) mass is 157 g/mol. The number of hydrogen-bond acceptors (Lipinski definition) is 1. The molecule has 0 radical (unpaired) electrons. The lowest BCUT2D eigenvalue weighted by Gasteiger charge is -2.18. The van der Waals surface area contributed by atoms with Gasteiger partial charge in [0.1, 0.15) is 0 Å². The summed E-state index contributed by atoms with van der Waals surface area (Å²) < 4.78 is 0. The van der Waals surface area contributed by atoms with Gasteiger partial charge in [-0.15, -0.1) is 0 Å². The van der Waals surface area contributed by atoms with Crippen LogP contribution in [0.15, 0.2) is 0 Å². The van der Waals surface area contributed by atoms with Gasteiger partial charge in [0.15, 0.2) is 0 Å². The highest BCUT2D eigenvalue weighted by Gasteiger charge is 2.25. The third-order valence-electron chi connectivity index (χ3n) is 2.57. The van der Waals surface area contributed by atoms with Gasteiger partial charge in [0.05, 0.1) is 0 Å². The number of amides is 1. The maximum atomic E-state index is 10.8. The predicted molar refractivity (Wildman–Crippen MR) is 47.4 cm³/mol. The van der Waals surface area contributed by atoms with E-state index in [1.807, 2.05) is 0 Å². The largest absolute Gasteiger partial charge is 0.353 e. The molecule has 0 spiro atoms. The van der Waals surface area contributed by atoms with Crippen LogP contribution in [-0.4, -0.2) is 11.9 Å². The quantitative estimate of drug-likeness (QED) is 0.652. The fourth-order valence-electron chi connectivity index (χ4n) is 1.98. The molecule has 0 heterocycles. The zero-order valence-electron chi connectivity index (χ0n) is 7.39. The molecular weight excluding hydrogens is 138 g/mol. The van der Waals surface area contributed by atoms with Crippen LogP contribution in [0.5, 0.6) is 0 Å².